The van der Waals surface area contributed by atoms with Gasteiger partial charge in [-0.1, -0.05) is 23.7 Å². The summed E-state index contributed by atoms with van der Waals surface area (Å²) in [6.45, 7) is 3.63. The van der Waals surface area contributed by atoms with Gasteiger partial charge in [0.2, 0.25) is 0 Å². The summed E-state index contributed by atoms with van der Waals surface area (Å²) in [5.74, 6) is 0.286. The van der Waals surface area contributed by atoms with Gasteiger partial charge >= 0.3 is 0 Å². The molecule has 3 heterocycles. The van der Waals surface area contributed by atoms with E-state index in [2.05, 4.69) is 4.98 Å². The van der Waals surface area contributed by atoms with E-state index >= 15 is 0 Å². The van der Waals surface area contributed by atoms with Crippen molar-refractivity contribution in [2.24, 2.45) is 5.92 Å². The number of hydrogen-bond acceptors (Lipinski definition) is 5. The number of rotatable bonds is 6. The first-order chi connectivity index (χ1) is 14.4. The number of aromatic nitrogens is 1. The summed E-state index contributed by atoms with van der Waals surface area (Å²) in [6, 6.07) is 9.17. The lowest BCUT2D eigenvalue weighted by atomic mass is 9.82. The van der Waals surface area contributed by atoms with Crippen LogP contribution in [0.1, 0.15) is 59.6 Å². The molecule has 2 unspecified atom stereocenters. The van der Waals surface area contributed by atoms with Crippen molar-refractivity contribution in [2.75, 3.05) is 20.3 Å². The topological polar surface area (TPSA) is 71.9 Å². The minimum Gasteiger partial charge on any atom is -0.385 e. The van der Waals surface area contributed by atoms with Crippen molar-refractivity contribution in [3.8, 4) is 0 Å². The number of carbonyl (C=O) groups is 1. The third-order valence-electron chi connectivity index (χ3n) is 6.09. The highest BCUT2D eigenvalue weighted by molar-refractivity contribution is 6.30. The molecule has 2 aromatic rings. The number of benzene rings is 1. The maximum absolute atomic E-state index is 13.2. The van der Waals surface area contributed by atoms with Gasteiger partial charge in [0.15, 0.2) is 6.23 Å². The van der Waals surface area contributed by atoms with E-state index in [1.807, 2.05) is 25.1 Å². The summed E-state index contributed by atoms with van der Waals surface area (Å²) in [5, 5.41) is 11.7. The Morgan fingerprint density at radius 2 is 2.07 bits per heavy atom. The van der Waals surface area contributed by atoms with Crippen LogP contribution in [-0.2, 0) is 21.6 Å². The molecule has 160 valence electrons. The lowest BCUT2D eigenvalue weighted by molar-refractivity contribution is -0.0168. The van der Waals surface area contributed by atoms with Gasteiger partial charge in [0.05, 0.1) is 22.9 Å². The molecule has 6 nitrogen and oxygen atoms in total. The standard InChI is InChI=1S/C23H27ClN2O4/c1-23(28,12-15-7-9-30-10-8-15)16-3-6-19-20(11-16)21(27)26(22(19)29-2)14-18-5-4-17(24)13-25-18/h3-6,11,13,15,22,28H,7-10,12,14H2,1-2H3. The molecule has 2 aliphatic heterocycles. The molecule has 1 saturated heterocycles. The van der Waals surface area contributed by atoms with Gasteiger partial charge in [0.25, 0.3) is 5.91 Å². The molecule has 30 heavy (non-hydrogen) atoms. The SMILES string of the molecule is COC1c2ccc(C(C)(O)CC3CCOCC3)cc2C(=O)N1Cc1ccc(Cl)cn1. The second-order valence-electron chi connectivity index (χ2n) is 8.32. The third kappa shape index (κ3) is 4.23. The summed E-state index contributed by atoms with van der Waals surface area (Å²) < 4.78 is 11.1. The van der Waals surface area contributed by atoms with Gasteiger partial charge in [-0.2, -0.15) is 0 Å². The van der Waals surface area contributed by atoms with E-state index < -0.39 is 11.8 Å². The second-order valence-corrected chi connectivity index (χ2v) is 8.76. The molecule has 1 aromatic heterocycles. The summed E-state index contributed by atoms with van der Waals surface area (Å²) in [7, 11) is 1.59. The number of nitrogens with zero attached hydrogens (tertiary/aromatic N) is 2. The predicted octanol–water partition coefficient (Wildman–Crippen LogP) is 4.06. The van der Waals surface area contributed by atoms with Crippen LogP contribution in [0.15, 0.2) is 36.5 Å². The lowest BCUT2D eigenvalue weighted by Gasteiger charge is -2.31. The van der Waals surface area contributed by atoms with Gasteiger partial charge in [-0.3, -0.25) is 9.78 Å². The molecule has 1 fully saturated rings. The van der Waals surface area contributed by atoms with Crippen LogP contribution in [0.5, 0.6) is 0 Å². The minimum atomic E-state index is -1.01. The van der Waals surface area contributed by atoms with Gasteiger partial charge < -0.3 is 19.5 Å². The molecule has 1 aromatic carbocycles. The molecular formula is C23H27ClN2O4. The normalized spacial score (nSPS) is 21.5. The van der Waals surface area contributed by atoms with Crippen molar-refractivity contribution in [2.45, 2.75) is 44.6 Å². The fourth-order valence-corrected chi connectivity index (χ4v) is 4.55. The molecule has 0 radical (unpaired) electrons. The molecule has 1 amide bonds. The highest BCUT2D eigenvalue weighted by Crippen LogP contribution is 2.39. The molecule has 0 spiro atoms. The Morgan fingerprint density at radius 3 is 2.73 bits per heavy atom. The van der Waals surface area contributed by atoms with Gasteiger partial charge in [-0.05, 0) is 55.9 Å². The number of methoxy groups -OCH3 is 1. The largest absolute Gasteiger partial charge is 0.385 e. The Labute approximate surface area is 181 Å². The number of aliphatic hydroxyl groups is 1. The zero-order valence-corrected chi connectivity index (χ0v) is 18.1. The van der Waals surface area contributed by atoms with Gasteiger partial charge in [-0.15, -0.1) is 0 Å². The molecular weight excluding hydrogens is 404 g/mol. The highest BCUT2D eigenvalue weighted by Gasteiger charge is 2.39. The average molecular weight is 431 g/mol. The van der Waals surface area contributed by atoms with Crippen LogP contribution in [0.4, 0.5) is 0 Å². The first-order valence-corrected chi connectivity index (χ1v) is 10.7. The van der Waals surface area contributed by atoms with Crippen LogP contribution in [0.2, 0.25) is 5.02 Å². The lowest BCUT2D eigenvalue weighted by Crippen LogP contribution is -2.29. The van der Waals surface area contributed by atoms with E-state index in [0.29, 0.717) is 29.5 Å². The van der Waals surface area contributed by atoms with Crippen LogP contribution < -0.4 is 0 Å². The third-order valence-corrected chi connectivity index (χ3v) is 6.31. The van der Waals surface area contributed by atoms with Gasteiger partial charge in [0.1, 0.15) is 0 Å². The van der Waals surface area contributed by atoms with Crippen LogP contribution in [0.3, 0.4) is 0 Å². The molecule has 2 atom stereocenters. The zero-order chi connectivity index (χ0) is 21.3. The van der Waals surface area contributed by atoms with E-state index in [9.17, 15) is 9.90 Å². The molecule has 4 rings (SSSR count). The molecule has 7 heteroatoms. The Morgan fingerprint density at radius 1 is 1.30 bits per heavy atom. The fourth-order valence-electron chi connectivity index (χ4n) is 4.43. The minimum absolute atomic E-state index is 0.127. The number of halogens is 1. The Balaban J connectivity index is 1.57. The van der Waals surface area contributed by atoms with E-state index in [1.165, 1.54) is 0 Å². The number of fused-ring (bicyclic) bond motifs is 1. The molecule has 0 saturated carbocycles. The quantitative estimate of drug-likeness (QED) is 0.748. The van der Waals surface area contributed by atoms with Crippen molar-refractivity contribution < 1.29 is 19.4 Å². The van der Waals surface area contributed by atoms with Gasteiger partial charge in [0, 0.05) is 37.6 Å². The fraction of sp³-hybridized carbons (Fsp3) is 0.478. The molecule has 1 N–H and O–H groups in total. The monoisotopic (exact) mass is 430 g/mol. The Bertz CT molecular complexity index is 910. The smallest absolute Gasteiger partial charge is 0.256 e. The second kappa shape index (κ2) is 8.63. The zero-order valence-electron chi connectivity index (χ0n) is 17.3. The van der Waals surface area contributed by atoms with E-state index in [0.717, 1.165) is 42.9 Å². The van der Waals surface area contributed by atoms with Gasteiger partial charge in [-0.25, -0.2) is 0 Å². The van der Waals surface area contributed by atoms with Crippen molar-refractivity contribution >= 4 is 17.5 Å². The van der Waals surface area contributed by atoms with Crippen molar-refractivity contribution in [1.29, 1.82) is 0 Å². The first kappa shape index (κ1) is 21.2. The predicted molar refractivity (Wildman–Crippen MR) is 113 cm³/mol. The molecule has 0 aliphatic carbocycles. The number of amides is 1. The summed E-state index contributed by atoms with van der Waals surface area (Å²) in [4.78, 5) is 19.1. The number of ether oxygens (including phenoxy) is 2. The van der Waals surface area contributed by atoms with E-state index in [4.69, 9.17) is 21.1 Å². The summed E-state index contributed by atoms with van der Waals surface area (Å²) >= 11 is 5.92. The van der Waals surface area contributed by atoms with Crippen LogP contribution in [0.25, 0.3) is 0 Å². The van der Waals surface area contributed by atoms with Crippen LogP contribution in [-0.4, -0.2) is 41.2 Å². The van der Waals surface area contributed by atoms with E-state index in [1.54, 1.807) is 30.3 Å². The Hall–Kier alpha value is -1.99. The van der Waals surface area contributed by atoms with Crippen LogP contribution >= 0.6 is 11.6 Å². The molecule has 0 bridgehead atoms. The number of hydrogen-bond donors (Lipinski definition) is 1. The number of pyridine rings is 1. The van der Waals surface area contributed by atoms with Crippen molar-refractivity contribution in [3.05, 3.63) is 63.9 Å². The maximum Gasteiger partial charge on any atom is 0.256 e. The number of carbonyl (C=O) groups excluding carboxylic acids is 1. The highest BCUT2D eigenvalue weighted by atomic mass is 35.5. The summed E-state index contributed by atoms with van der Waals surface area (Å²) in [5.41, 5.74) is 1.85. The van der Waals surface area contributed by atoms with Crippen molar-refractivity contribution in [1.82, 2.24) is 9.88 Å². The molecule has 2 aliphatic rings. The van der Waals surface area contributed by atoms with Crippen LogP contribution in [0, 0.1) is 5.92 Å². The Kier molecular flexibility index (Phi) is 6.11. The van der Waals surface area contributed by atoms with E-state index in [-0.39, 0.29) is 5.91 Å². The summed E-state index contributed by atoms with van der Waals surface area (Å²) in [6.07, 6.45) is 3.63. The van der Waals surface area contributed by atoms with Crippen molar-refractivity contribution in [3.63, 3.8) is 0 Å². The maximum atomic E-state index is 13.2. The first-order valence-electron chi connectivity index (χ1n) is 10.3. The average Bonchev–Trinajstić information content (AvgIpc) is 3.00.